The second kappa shape index (κ2) is 5.48. The van der Waals surface area contributed by atoms with Gasteiger partial charge in [-0.2, -0.15) is 0 Å². The third-order valence-electron chi connectivity index (χ3n) is 2.82. The minimum absolute atomic E-state index is 0.167. The van der Waals surface area contributed by atoms with Crippen molar-refractivity contribution in [2.75, 3.05) is 19.5 Å². The quantitative estimate of drug-likeness (QED) is 0.917. The van der Waals surface area contributed by atoms with Crippen molar-refractivity contribution < 1.29 is 14.3 Å². The summed E-state index contributed by atoms with van der Waals surface area (Å²) in [6.07, 6.45) is 1.82. The monoisotopic (exact) mass is 260 g/mol. The first-order chi connectivity index (χ1) is 9.15. The maximum absolute atomic E-state index is 12.0. The van der Waals surface area contributed by atoms with Crippen molar-refractivity contribution in [2.45, 2.75) is 0 Å². The molecule has 0 saturated heterocycles. The van der Waals surface area contributed by atoms with E-state index in [1.807, 2.05) is 19.3 Å². The van der Waals surface area contributed by atoms with Gasteiger partial charge in [0.15, 0.2) is 11.5 Å². The van der Waals surface area contributed by atoms with Gasteiger partial charge in [-0.3, -0.25) is 4.79 Å². The Balaban J connectivity index is 2.20. The Morgan fingerprint density at radius 1 is 1.16 bits per heavy atom. The van der Waals surface area contributed by atoms with Gasteiger partial charge in [-0.05, 0) is 24.3 Å². The lowest BCUT2D eigenvalue weighted by Crippen LogP contribution is -2.15. The number of anilines is 1. The van der Waals surface area contributed by atoms with Gasteiger partial charge < -0.3 is 19.4 Å². The van der Waals surface area contributed by atoms with E-state index in [-0.39, 0.29) is 5.91 Å². The predicted molar refractivity (Wildman–Crippen MR) is 72.9 cm³/mol. The number of carbonyl (C=O) groups is 1. The maximum atomic E-state index is 12.0. The van der Waals surface area contributed by atoms with Crippen LogP contribution in [0.3, 0.4) is 0 Å². The normalized spacial score (nSPS) is 10.1. The van der Waals surface area contributed by atoms with Crippen molar-refractivity contribution in [3.8, 4) is 11.5 Å². The molecule has 0 fully saturated rings. The number of ether oxygens (including phenoxy) is 2. The summed E-state index contributed by atoms with van der Waals surface area (Å²) in [5, 5.41) is 2.82. The van der Waals surface area contributed by atoms with E-state index in [9.17, 15) is 4.79 Å². The Bertz CT molecular complexity index is 590. The molecule has 5 nitrogen and oxygen atoms in total. The zero-order valence-electron chi connectivity index (χ0n) is 11.1. The Labute approximate surface area is 111 Å². The first kappa shape index (κ1) is 13.0. The number of amides is 1. The molecule has 0 aliphatic heterocycles. The number of rotatable bonds is 4. The van der Waals surface area contributed by atoms with Crippen LogP contribution in [0, 0.1) is 0 Å². The van der Waals surface area contributed by atoms with Crippen molar-refractivity contribution in [2.24, 2.45) is 7.05 Å². The first-order valence-electron chi connectivity index (χ1n) is 5.80. The van der Waals surface area contributed by atoms with Gasteiger partial charge in [-0.1, -0.05) is 0 Å². The van der Waals surface area contributed by atoms with Crippen LogP contribution in [0.1, 0.15) is 10.5 Å². The highest BCUT2D eigenvalue weighted by molar-refractivity contribution is 6.03. The Hall–Kier alpha value is -2.43. The summed E-state index contributed by atoms with van der Waals surface area (Å²) in [5.74, 6) is 1.03. The molecule has 0 aliphatic carbocycles. The molecule has 1 heterocycles. The van der Waals surface area contributed by atoms with Crippen molar-refractivity contribution in [1.29, 1.82) is 0 Å². The highest BCUT2D eigenvalue weighted by Gasteiger charge is 2.11. The number of benzene rings is 1. The molecule has 0 unspecified atom stereocenters. The number of nitrogens with one attached hydrogen (secondary N) is 1. The molecule has 100 valence electrons. The summed E-state index contributed by atoms with van der Waals surface area (Å²) in [6.45, 7) is 0. The highest BCUT2D eigenvalue weighted by Crippen LogP contribution is 2.29. The molecule has 19 heavy (non-hydrogen) atoms. The Morgan fingerprint density at radius 3 is 2.47 bits per heavy atom. The third-order valence-corrected chi connectivity index (χ3v) is 2.82. The minimum Gasteiger partial charge on any atom is -0.493 e. The fraction of sp³-hybridized carbons (Fsp3) is 0.214. The summed E-state index contributed by atoms with van der Waals surface area (Å²) in [4.78, 5) is 12.0. The van der Waals surface area contributed by atoms with Gasteiger partial charge in [0.05, 0.1) is 14.2 Å². The highest BCUT2D eigenvalue weighted by atomic mass is 16.5. The predicted octanol–water partition coefficient (Wildman–Crippen LogP) is 2.29. The van der Waals surface area contributed by atoms with E-state index in [0.717, 1.165) is 0 Å². The average Bonchev–Trinajstić information content (AvgIpc) is 2.85. The van der Waals surface area contributed by atoms with Crippen LogP contribution in [-0.4, -0.2) is 24.7 Å². The largest absolute Gasteiger partial charge is 0.493 e. The zero-order chi connectivity index (χ0) is 13.8. The molecule has 0 spiro atoms. The fourth-order valence-corrected chi connectivity index (χ4v) is 1.81. The van der Waals surface area contributed by atoms with E-state index in [0.29, 0.717) is 22.9 Å². The van der Waals surface area contributed by atoms with Crippen LogP contribution in [0.2, 0.25) is 0 Å². The number of aromatic nitrogens is 1. The second-order valence-electron chi connectivity index (χ2n) is 4.03. The summed E-state index contributed by atoms with van der Waals surface area (Å²) >= 11 is 0. The molecule has 1 N–H and O–H groups in total. The molecule has 1 amide bonds. The summed E-state index contributed by atoms with van der Waals surface area (Å²) in [6, 6.07) is 8.82. The van der Waals surface area contributed by atoms with Crippen LogP contribution in [0.15, 0.2) is 36.5 Å². The molecule has 2 aromatic rings. The molecular weight excluding hydrogens is 244 g/mol. The van der Waals surface area contributed by atoms with Crippen molar-refractivity contribution >= 4 is 11.6 Å². The van der Waals surface area contributed by atoms with Gasteiger partial charge in [-0.25, -0.2) is 0 Å². The van der Waals surface area contributed by atoms with Gasteiger partial charge in [0.25, 0.3) is 5.91 Å². The van der Waals surface area contributed by atoms with Crippen LogP contribution in [-0.2, 0) is 7.05 Å². The van der Waals surface area contributed by atoms with Gasteiger partial charge in [0.1, 0.15) is 5.69 Å². The molecule has 0 saturated carbocycles. The smallest absolute Gasteiger partial charge is 0.272 e. The van der Waals surface area contributed by atoms with E-state index < -0.39 is 0 Å². The number of hydrogen-bond acceptors (Lipinski definition) is 3. The molecule has 1 aromatic heterocycles. The summed E-state index contributed by atoms with van der Waals surface area (Å²) in [7, 11) is 4.95. The third kappa shape index (κ3) is 2.70. The van der Waals surface area contributed by atoms with Crippen molar-refractivity contribution in [1.82, 2.24) is 4.57 Å². The number of nitrogens with zero attached hydrogens (tertiary/aromatic N) is 1. The average molecular weight is 260 g/mol. The molecule has 0 atom stereocenters. The van der Waals surface area contributed by atoms with Crippen molar-refractivity contribution in [3.05, 3.63) is 42.2 Å². The van der Waals surface area contributed by atoms with Gasteiger partial charge in [0, 0.05) is 25.0 Å². The topological polar surface area (TPSA) is 52.5 Å². The van der Waals surface area contributed by atoms with E-state index in [2.05, 4.69) is 5.32 Å². The minimum atomic E-state index is -0.167. The Morgan fingerprint density at radius 2 is 1.89 bits per heavy atom. The molecule has 0 aliphatic rings. The number of aryl methyl sites for hydroxylation is 1. The van der Waals surface area contributed by atoms with E-state index >= 15 is 0 Å². The second-order valence-corrected chi connectivity index (χ2v) is 4.03. The lowest BCUT2D eigenvalue weighted by Gasteiger charge is -2.10. The molecule has 2 rings (SSSR count). The summed E-state index contributed by atoms with van der Waals surface area (Å²) in [5.41, 5.74) is 1.25. The van der Waals surface area contributed by atoms with Gasteiger partial charge in [0.2, 0.25) is 0 Å². The van der Waals surface area contributed by atoms with Crippen LogP contribution >= 0.6 is 0 Å². The Kier molecular flexibility index (Phi) is 3.75. The van der Waals surface area contributed by atoms with E-state index in [4.69, 9.17) is 9.47 Å². The first-order valence-corrected chi connectivity index (χ1v) is 5.80. The van der Waals surface area contributed by atoms with Crippen LogP contribution < -0.4 is 14.8 Å². The van der Waals surface area contributed by atoms with Gasteiger partial charge >= 0.3 is 0 Å². The zero-order valence-corrected chi connectivity index (χ0v) is 11.1. The van der Waals surface area contributed by atoms with Gasteiger partial charge in [-0.15, -0.1) is 0 Å². The molecule has 0 bridgehead atoms. The SMILES string of the molecule is COc1ccc(NC(=O)c2cccn2C)cc1OC. The van der Waals surface area contributed by atoms with Crippen molar-refractivity contribution in [3.63, 3.8) is 0 Å². The van der Waals surface area contributed by atoms with E-state index in [1.54, 1.807) is 43.1 Å². The number of methoxy groups -OCH3 is 2. The standard InChI is InChI=1S/C14H16N2O3/c1-16-8-4-5-11(16)14(17)15-10-6-7-12(18-2)13(9-10)19-3/h4-9H,1-3H3,(H,15,17). The maximum Gasteiger partial charge on any atom is 0.272 e. The lowest BCUT2D eigenvalue weighted by atomic mass is 10.2. The van der Waals surface area contributed by atoms with Crippen LogP contribution in [0.25, 0.3) is 0 Å². The number of hydrogen-bond donors (Lipinski definition) is 1. The van der Waals surface area contributed by atoms with E-state index in [1.165, 1.54) is 0 Å². The molecular formula is C14H16N2O3. The molecule has 0 radical (unpaired) electrons. The summed E-state index contributed by atoms with van der Waals surface area (Å²) < 4.78 is 12.1. The van der Waals surface area contributed by atoms with Crippen LogP contribution in [0.5, 0.6) is 11.5 Å². The molecule has 5 heteroatoms. The lowest BCUT2D eigenvalue weighted by molar-refractivity contribution is 0.101. The van der Waals surface area contributed by atoms with Crippen LogP contribution in [0.4, 0.5) is 5.69 Å². The number of carbonyl (C=O) groups excluding carboxylic acids is 1. The fourth-order valence-electron chi connectivity index (χ4n) is 1.81. The molecule has 1 aromatic carbocycles.